The van der Waals surface area contributed by atoms with Crippen molar-refractivity contribution in [3.63, 3.8) is 0 Å². The number of amides is 3. The first-order chi connectivity index (χ1) is 8.99. The number of aldehydes is 1. The minimum Gasteiger partial charge on any atom is -0.508 e. The van der Waals surface area contributed by atoms with Crippen LogP contribution in [0.4, 0.5) is 4.79 Å². The Bertz CT molecular complexity index is 470. The van der Waals surface area contributed by atoms with E-state index in [1.54, 1.807) is 6.92 Å². The van der Waals surface area contributed by atoms with Crippen LogP contribution < -0.4 is 5.32 Å². The monoisotopic (exact) mass is 264 g/mol. The number of imide groups is 1. The van der Waals surface area contributed by atoms with Crippen LogP contribution >= 0.6 is 0 Å². The van der Waals surface area contributed by atoms with Gasteiger partial charge in [-0.15, -0.1) is 0 Å². The average molecular weight is 264 g/mol. The van der Waals surface area contributed by atoms with Gasteiger partial charge in [0.05, 0.1) is 0 Å². The van der Waals surface area contributed by atoms with E-state index in [9.17, 15) is 14.4 Å². The number of phenols is 1. The first-order valence-electron chi connectivity index (χ1n) is 5.82. The third-order valence-electron chi connectivity index (χ3n) is 2.61. The number of rotatable bonds is 4. The molecule has 6 nitrogen and oxygen atoms in total. The molecule has 0 aliphatic carbocycles. The smallest absolute Gasteiger partial charge is 0.324 e. The van der Waals surface area contributed by atoms with Gasteiger partial charge in [-0.3, -0.25) is 9.69 Å². The average Bonchev–Trinajstić information content (AvgIpc) is 2.37. The number of aromatic hydroxyl groups is 1. The molecule has 0 aliphatic heterocycles. The fraction of sp³-hybridized carbons (Fsp3) is 0.308. The van der Waals surface area contributed by atoms with Crippen LogP contribution in [0.5, 0.6) is 5.75 Å². The van der Waals surface area contributed by atoms with Gasteiger partial charge in [-0.25, -0.2) is 4.79 Å². The Hall–Kier alpha value is -2.37. The molecule has 6 heteroatoms. The Morgan fingerprint density at radius 2 is 1.95 bits per heavy atom. The fourth-order valence-corrected chi connectivity index (χ4v) is 1.60. The molecule has 0 fully saturated rings. The Labute approximate surface area is 111 Å². The number of nitrogens with zero attached hydrogens (tertiary/aromatic N) is 1. The predicted octanol–water partition coefficient (Wildman–Crippen LogP) is 1.21. The van der Waals surface area contributed by atoms with Gasteiger partial charge in [-0.2, -0.15) is 0 Å². The van der Waals surface area contributed by atoms with Gasteiger partial charge in [0.1, 0.15) is 18.1 Å². The van der Waals surface area contributed by atoms with Crippen molar-refractivity contribution in [1.82, 2.24) is 10.2 Å². The standard InChI is InChI=1S/C13H16N2O4/c1-3-15(9(2)17)13(19)14-12(8-16)10-4-6-11(18)7-5-10/h4-8,12,18H,3H2,1-2H3,(H,14,19). The molecule has 0 aliphatic rings. The largest absolute Gasteiger partial charge is 0.508 e. The molecule has 0 bridgehead atoms. The lowest BCUT2D eigenvalue weighted by Gasteiger charge is -2.20. The Morgan fingerprint density at radius 1 is 1.37 bits per heavy atom. The van der Waals surface area contributed by atoms with Crippen LogP contribution in [0.15, 0.2) is 24.3 Å². The van der Waals surface area contributed by atoms with E-state index in [1.807, 2.05) is 0 Å². The van der Waals surface area contributed by atoms with E-state index >= 15 is 0 Å². The molecule has 3 amide bonds. The number of benzene rings is 1. The summed E-state index contributed by atoms with van der Waals surface area (Å²) in [5.74, 6) is -0.325. The van der Waals surface area contributed by atoms with Crippen LogP contribution in [0.3, 0.4) is 0 Å². The van der Waals surface area contributed by atoms with E-state index < -0.39 is 18.0 Å². The molecule has 0 heterocycles. The second kappa shape index (κ2) is 6.53. The van der Waals surface area contributed by atoms with Crippen molar-refractivity contribution >= 4 is 18.2 Å². The lowest BCUT2D eigenvalue weighted by Crippen LogP contribution is -2.44. The fourth-order valence-electron chi connectivity index (χ4n) is 1.60. The summed E-state index contributed by atoms with van der Waals surface area (Å²) in [6.07, 6.45) is 0.568. The minimum atomic E-state index is -0.860. The van der Waals surface area contributed by atoms with Crippen LogP contribution in [0.1, 0.15) is 25.5 Å². The quantitative estimate of drug-likeness (QED) is 0.800. The molecule has 0 radical (unpaired) electrons. The second-order valence-corrected chi connectivity index (χ2v) is 3.92. The summed E-state index contributed by atoms with van der Waals surface area (Å²) >= 11 is 0. The SMILES string of the molecule is CCN(C(C)=O)C(=O)NC(C=O)c1ccc(O)cc1. The van der Waals surface area contributed by atoms with Gasteiger partial charge in [0.25, 0.3) is 0 Å². The summed E-state index contributed by atoms with van der Waals surface area (Å²) in [6, 6.07) is 4.40. The Balaban J connectivity index is 2.82. The lowest BCUT2D eigenvalue weighted by molar-refractivity contribution is -0.126. The summed E-state index contributed by atoms with van der Waals surface area (Å²) < 4.78 is 0. The van der Waals surface area contributed by atoms with Crippen molar-refractivity contribution < 1.29 is 19.5 Å². The number of hydrogen-bond donors (Lipinski definition) is 2. The summed E-state index contributed by atoms with van der Waals surface area (Å²) in [4.78, 5) is 35.0. The highest BCUT2D eigenvalue weighted by Crippen LogP contribution is 2.15. The molecule has 1 aromatic carbocycles. The van der Waals surface area contributed by atoms with E-state index in [2.05, 4.69) is 5.32 Å². The summed E-state index contributed by atoms with van der Waals surface area (Å²) in [7, 11) is 0. The zero-order valence-corrected chi connectivity index (χ0v) is 10.8. The number of phenolic OH excluding ortho intramolecular Hbond substituents is 1. The van der Waals surface area contributed by atoms with Crippen molar-refractivity contribution in [1.29, 1.82) is 0 Å². The molecule has 0 saturated carbocycles. The lowest BCUT2D eigenvalue weighted by atomic mass is 10.1. The number of carbonyl (C=O) groups excluding carboxylic acids is 3. The van der Waals surface area contributed by atoms with Gasteiger partial charge in [0.15, 0.2) is 0 Å². The normalized spacial score (nSPS) is 11.5. The van der Waals surface area contributed by atoms with E-state index in [1.165, 1.54) is 31.2 Å². The van der Waals surface area contributed by atoms with E-state index in [0.717, 1.165) is 4.90 Å². The number of hydrogen-bond acceptors (Lipinski definition) is 4. The molecule has 2 N–H and O–H groups in total. The molecule has 1 aromatic rings. The van der Waals surface area contributed by atoms with Crippen molar-refractivity contribution in [2.75, 3.05) is 6.54 Å². The van der Waals surface area contributed by atoms with Crippen LogP contribution in [0.25, 0.3) is 0 Å². The Morgan fingerprint density at radius 3 is 2.37 bits per heavy atom. The molecule has 19 heavy (non-hydrogen) atoms. The minimum absolute atomic E-state index is 0.0682. The summed E-state index contributed by atoms with van der Waals surface area (Å²) in [5, 5.41) is 11.6. The van der Waals surface area contributed by atoms with Crippen LogP contribution in [-0.2, 0) is 9.59 Å². The maximum atomic E-state index is 11.8. The van der Waals surface area contributed by atoms with Gasteiger partial charge in [-0.05, 0) is 24.6 Å². The summed E-state index contributed by atoms with van der Waals surface area (Å²) in [5.41, 5.74) is 0.528. The molecular weight excluding hydrogens is 248 g/mol. The third-order valence-corrected chi connectivity index (χ3v) is 2.61. The molecule has 1 atom stereocenters. The molecule has 0 saturated heterocycles. The van der Waals surface area contributed by atoms with Gasteiger partial charge in [-0.1, -0.05) is 12.1 Å². The molecule has 1 unspecified atom stereocenters. The van der Waals surface area contributed by atoms with Gasteiger partial charge in [0, 0.05) is 13.5 Å². The highest BCUT2D eigenvalue weighted by atomic mass is 16.3. The maximum Gasteiger partial charge on any atom is 0.324 e. The first-order valence-corrected chi connectivity index (χ1v) is 5.82. The van der Waals surface area contributed by atoms with Crippen molar-refractivity contribution in [3.05, 3.63) is 29.8 Å². The van der Waals surface area contributed by atoms with Crippen molar-refractivity contribution in [2.45, 2.75) is 19.9 Å². The predicted molar refractivity (Wildman–Crippen MR) is 68.5 cm³/mol. The van der Waals surface area contributed by atoms with Crippen LogP contribution in [0, 0.1) is 0 Å². The zero-order chi connectivity index (χ0) is 14.4. The first kappa shape index (κ1) is 14.7. The molecule has 0 aromatic heterocycles. The number of carbonyl (C=O) groups is 3. The molecule has 0 spiro atoms. The maximum absolute atomic E-state index is 11.8. The topological polar surface area (TPSA) is 86.7 Å². The summed E-state index contributed by atoms with van der Waals surface area (Å²) in [6.45, 7) is 3.17. The van der Waals surface area contributed by atoms with Crippen molar-refractivity contribution in [2.24, 2.45) is 0 Å². The Kier molecular flexibility index (Phi) is 5.05. The third kappa shape index (κ3) is 3.80. The number of urea groups is 1. The second-order valence-electron chi connectivity index (χ2n) is 3.92. The molecule has 102 valence electrons. The number of nitrogens with one attached hydrogen (secondary N) is 1. The van der Waals surface area contributed by atoms with Gasteiger partial charge >= 0.3 is 6.03 Å². The molecular formula is C13H16N2O4. The van der Waals surface area contributed by atoms with Crippen LogP contribution in [0.2, 0.25) is 0 Å². The van der Waals surface area contributed by atoms with E-state index in [-0.39, 0.29) is 12.3 Å². The van der Waals surface area contributed by atoms with Gasteiger partial charge in [0.2, 0.25) is 5.91 Å². The van der Waals surface area contributed by atoms with Gasteiger partial charge < -0.3 is 15.2 Å². The highest BCUT2D eigenvalue weighted by Gasteiger charge is 2.20. The zero-order valence-electron chi connectivity index (χ0n) is 10.8. The van der Waals surface area contributed by atoms with Crippen LogP contribution in [-0.4, -0.2) is 34.8 Å². The van der Waals surface area contributed by atoms with E-state index in [0.29, 0.717) is 11.8 Å². The van der Waals surface area contributed by atoms with E-state index in [4.69, 9.17) is 5.11 Å². The molecule has 1 rings (SSSR count). The van der Waals surface area contributed by atoms with Crippen molar-refractivity contribution in [3.8, 4) is 5.75 Å². The highest BCUT2D eigenvalue weighted by molar-refractivity contribution is 5.94.